The SMILES string of the molecule is CSc1ncccc1C(=O)N1CCC(CNS(=O)(=O)Cc2ccc(F)cc2)CC1. The van der Waals surface area contributed by atoms with Crippen molar-refractivity contribution in [2.24, 2.45) is 5.92 Å². The molecule has 1 amide bonds. The highest BCUT2D eigenvalue weighted by Crippen LogP contribution is 2.23. The van der Waals surface area contributed by atoms with Gasteiger partial charge in [-0.1, -0.05) is 12.1 Å². The van der Waals surface area contributed by atoms with E-state index in [1.54, 1.807) is 23.2 Å². The van der Waals surface area contributed by atoms with Gasteiger partial charge in [-0.05, 0) is 54.8 Å². The number of piperidine rings is 1. The second-order valence-electron chi connectivity index (χ2n) is 7.03. The van der Waals surface area contributed by atoms with Gasteiger partial charge in [-0.2, -0.15) is 0 Å². The number of amides is 1. The van der Waals surface area contributed by atoms with Crippen molar-refractivity contribution >= 4 is 27.7 Å². The first-order chi connectivity index (χ1) is 13.9. The molecule has 1 N–H and O–H groups in total. The molecule has 9 heteroatoms. The van der Waals surface area contributed by atoms with E-state index in [-0.39, 0.29) is 17.6 Å². The van der Waals surface area contributed by atoms with Crippen LogP contribution in [0.1, 0.15) is 28.8 Å². The van der Waals surface area contributed by atoms with Crippen LogP contribution >= 0.6 is 11.8 Å². The van der Waals surface area contributed by atoms with E-state index in [9.17, 15) is 17.6 Å². The Kier molecular flexibility index (Phi) is 7.26. The molecule has 3 rings (SSSR count). The lowest BCUT2D eigenvalue weighted by atomic mass is 9.97. The van der Waals surface area contributed by atoms with Gasteiger partial charge in [0.1, 0.15) is 10.8 Å². The van der Waals surface area contributed by atoms with Crippen LogP contribution in [0.2, 0.25) is 0 Å². The maximum Gasteiger partial charge on any atom is 0.256 e. The first-order valence-corrected chi connectivity index (χ1v) is 12.3. The summed E-state index contributed by atoms with van der Waals surface area (Å²) < 4.78 is 40.2. The highest BCUT2D eigenvalue weighted by Gasteiger charge is 2.26. The number of hydrogen-bond donors (Lipinski definition) is 1. The number of rotatable bonds is 7. The van der Waals surface area contributed by atoms with Gasteiger partial charge in [0.05, 0.1) is 11.3 Å². The Morgan fingerprint density at radius 3 is 2.59 bits per heavy atom. The zero-order valence-corrected chi connectivity index (χ0v) is 17.8. The first kappa shape index (κ1) is 21.7. The molecule has 0 atom stereocenters. The van der Waals surface area contributed by atoms with Crippen molar-refractivity contribution < 1.29 is 17.6 Å². The minimum atomic E-state index is -3.49. The molecule has 1 aromatic carbocycles. The molecule has 6 nitrogen and oxygen atoms in total. The van der Waals surface area contributed by atoms with Gasteiger partial charge in [-0.25, -0.2) is 22.5 Å². The average molecular weight is 438 g/mol. The fourth-order valence-electron chi connectivity index (χ4n) is 3.32. The lowest BCUT2D eigenvalue weighted by molar-refractivity contribution is 0.0687. The predicted octanol–water partition coefficient (Wildman–Crippen LogP) is 2.91. The molecule has 0 saturated carbocycles. The Labute approximate surface area is 175 Å². The molecule has 0 spiro atoms. The van der Waals surface area contributed by atoms with Crippen molar-refractivity contribution in [3.63, 3.8) is 0 Å². The smallest absolute Gasteiger partial charge is 0.256 e. The fourth-order valence-corrected chi connectivity index (χ4v) is 5.09. The largest absolute Gasteiger partial charge is 0.339 e. The number of carbonyl (C=O) groups is 1. The van der Waals surface area contributed by atoms with Crippen LogP contribution in [-0.4, -0.2) is 50.1 Å². The van der Waals surface area contributed by atoms with E-state index in [0.717, 1.165) is 12.8 Å². The van der Waals surface area contributed by atoms with Crippen LogP contribution in [0.25, 0.3) is 0 Å². The molecule has 0 unspecified atom stereocenters. The topological polar surface area (TPSA) is 79.4 Å². The normalized spacial score (nSPS) is 15.4. The molecule has 29 heavy (non-hydrogen) atoms. The van der Waals surface area contributed by atoms with E-state index in [1.165, 1.54) is 36.0 Å². The maximum atomic E-state index is 13.0. The highest BCUT2D eigenvalue weighted by atomic mass is 32.2. The standard InChI is InChI=1S/C20H24FN3O3S2/c1-28-19-18(3-2-10-22-19)20(25)24-11-8-15(9-12-24)13-23-29(26,27)14-16-4-6-17(21)7-5-16/h2-7,10,15,23H,8-9,11-14H2,1H3. The third-order valence-electron chi connectivity index (χ3n) is 4.96. The van der Waals surface area contributed by atoms with Gasteiger partial charge < -0.3 is 4.90 Å². The zero-order chi connectivity index (χ0) is 20.9. The molecule has 0 radical (unpaired) electrons. The monoisotopic (exact) mass is 437 g/mol. The van der Waals surface area contributed by atoms with Gasteiger partial charge in [-0.15, -0.1) is 11.8 Å². The Morgan fingerprint density at radius 2 is 1.93 bits per heavy atom. The van der Waals surface area contributed by atoms with Gasteiger partial charge in [0.2, 0.25) is 10.0 Å². The van der Waals surface area contributed by atoms with Crippen molar-refractivity contribution in [1.82, 2.24) is 14.6 Å². The van der Waals surface area contributed by atoms with Crippen molar-refractivity contribution in [2.45, 2.75) is 23.6 Å². The maximum absolute atomic E-state index is 13.0. The number of aromatic nitrogens is 1. The molecule has 1 aliphatic rings. The van der Waals surface area contributed by atoms with Gasteiger partial charge in [-0.3, -0.25) is 4.79 Å². The lowest BCUT2D eigenvalue weighted by Crippen LogP contribution is -2.41. The lowest BCUT2D eigenvalue weighted by Gasteiger charge is -2.32. The summed E-state index contributed by atoms with van der Waals surface area (Å²) in [6.45, 7) is 1.52. The summed E-state index contributed by atoms with van der Waals surface area (Å²) in [5, 5.41) is 0.716. The van der Waals surface area contributed by atoms with Crippen LogP contribution in [0.4, 0.5) is 4.39 Å². The van der Waals surface area contributed by atoms with Gasteiger partial charge in [0, 0.05) is 25.8 Å². The predicted molar refractivity (Wildman–Crippen MR) is 112 cm³/mol. The molecular weight excluding hydrogens is 413 g/mol. The molecule has 156 valence electrons. The molecule has 0 bridgehead atoms. The summed E-state index contributed by atoms with van der Waals surface area (Å²) in [7, 11) is -3.49. The van der Waals surface area contributed by atoms with Crippen LogP contribution in [-0.2, 0) is 15.8 Å². The number of nitrogens with zero attached hydrogens (tertiary/aromatic N) is 2. The Morgan fingerprint density at radius 1 is 1.24 bits per heavy atom. The molecule has 1 fully saturated rings. The summed E-state index contributed by atoms with van der Waals surface area (Å²) >= 11 is 1.44. The van der Waals surface area contributed by atoms with Gasteiger partial charge >= 0.3 is 0 Å². The Hall–Kier alpha value is -1.97. The van der Waals surface area contributed by atoms with Crippen LogP contribution < -0.4 is 4.72 Å². The number of benzene rings is 1. The average Bonchev–Trinajstić information content (AvgIpc) is 2.73. The first-order valence-electron chi connectivity index (χ1n) is 9.38. The molecule has 1 saturated heterocycles. The summed E-state index contributed by atoms with van der Waals surface area (Å²) in [6, 6.07) is 9.00. The third kappa shape index (κ3) is 6.01. The number of pyridine rings is 1. The van der Waals surface area contributed by atoms with E-state index in [4.69, 9.17) is 0 Å². The van der Waals surface area contributed by atoms with Crippen molar-refractivity contribution in [3.8, 4) is 0 Å². The summed E-state index contributed by atoms with van der Waals surface area (Å²) in [5.74, 6) is -0.423. The van der Waals surface area contributed by atoms with Crippen LogP contribution in [0.5, 0.6) is 0 Å². The van der Waals surface area contributed by atoms with E-state index >= 15 is 0 Å². The van der Waals surface area contributed by atoms with E-state index in [1.807, 2.05) is 6.26 Å². The second kappa shape index (κ2) is 9.69. The number of hydrogen-bond acceptors (Lipinski definition) is 5. The van der Waals surface area contributed by atoms with Crippen LogP contribution in [0, 0.1) is 11.7 Å². The molecule has 0 aliphatic carbocycles. The summed E-state index contributed by atoms with van der Waals surface area (Å²) in [5.41, 5.74) is 1.15. The van der Waals surface area contributed by atoms with Crippen LogP contribution in [0.3, 0.4) is 0 Å². The second-order valence-corrected chi connectivity index (χ2v) is 9.63. The van der Waals surface area contributed by atoms with E-state index < -0.39 is 15.8 Å². The molecule has 1 aliphatic heterocycles. The molecule has 2 aromatic rings. The summed E-state index contributed by atoms with van der Waals surface area (Å²) in [4.78, 5) is 18.8. The number of nitrogens with one attached hydrogen (secondary N) is 1. The number of sulfonamides is 1. The third-order valence-corrected chi connectivity index (χ3v) is 6.99. The molecule has 1 aromatic heterocycles. The van der Waals surface area contributed by atoms with E-state index in [0.29, 0.717) is 35.8 Å². The van der Waals surface area contributed by atoms with Crippen molar-refractivity contribution in [3.05, 3.63) is 59.5 Å². The van der Waals surface area contributed by atoms with Crippen molar-refractivity contribution in [1.29, 1.82) is 0 Å². The zero-order valence-electron chi connectivity index (χ0n) is 16.2. The summed E-state index contributed by atoms with van der Waals surface area (Å²) in [6.07, 6.45) is 5.04. The molecule has 2 heterocycles. The minimum absolute atomic E-state index is 0.0298. The number of thioether (sulfide) groups is 1. The quantitative estimate of drug-likeness (QED) is 0.674. The van der Waals surface area contributed by atoms with E-state index in [2.05, 4.69) is 9.71 Å². The highest BCUT2D eigenvalue weighted by molar-refractivity contribution is 7.98. The number of likely N-dealkylation sites (tertiary alicyclic amines) is 1. The number of carbonyl (C=O) groups excluding carboxylic acids is 1. The van der Waals surface area contributed by atoms with Gasteiger partial charge in [0.15, 0.2) is 0 Å². The minimum Gasteiger partial charge on any atom is -0.339 e. The molecular formula is C20H24FN3O3S2. The Bertz CT molecular complexity index is 944. The van der Waals surface area contributed by atoms with Crippen LogP contribution in [0.15, 0.2) is 47.6 Å². The van der Waals surface area contributed by atoms with Gasteiger partial charge in [0.25, 0.3) is 5.91 Å². The Balaban J connectivity index is 1.49. The van der Waals surface area contributed by atoms with Crippen molar-refractivity contribution in [2.75, 3.05) is 25.9 Å². The fraction of sp³-hybridized carbons (Fsp3) is 0.400. The number of halogens is 1.